The lowest BCUT2D eigenvalue weighted by Gasteiger charge is -2.27. The van der Waals surface area contributed by atoms with Gasteiger partial charge in [0, 0.05) is 59.6 Å². The molecule has 314 valence electrons. The van der Waals surface area contributed by atoms with Crippen molar-refractivity contribution in [3.8, 4) is 0 Å². The molecule has 0 aromatic heterocycles. The highest BCUT2D eigenvalue weighted by Gasteiger charge is 2.44. The molecule has 59 heavy (non-hydrogen) atoms. The average molecular weight is 832 g/mol. The third-order valence-corrected chi connectivity index (χ3v) is 11.5. The van der Waals surface area contributed by atoms with Gasteiger partial charge >= 0.3 is 5.97 Å². The zero-order valence-corrected chi connectivity index (χ0v) is 34.7. The van der Waals surface area contributed by atoms with Crippen LogP contribution >= 0.6 is 0 Å². The van der Waals surface area contributed by atoms with Gasteiger partial charge in [-0.15, -0.1) is 0 Å². The molecule has 2 aliphatic rings. The Kier molecular flexibility index (Phi) is 14.0. The summed E-state index contributed by atoms with van der Waals surface area (Å²) in [4.78, 5) is 34.1. The number of fused-ring (bicyclic) bond motifs is 2. The number of hydrogen-bond acceptors (Lipinski definition) is 10. The Bertz CT molecular complexity index is 2310. The summed E-state index contributed by atoms with van der Waals surface area (Å²) >= 11 is 0. The van der Waals surface area contributed by atoms with Gasteiger partial charge in [-0.2, -0.15) is 13.0 Å². The first-order valence-corrected chi connectivity index (χ1v) is 20.8. The van der Waals surface area contributed by atoms with Crippen molar-refractivity contribution in [3.63, 3.8) is 0 Å². The van der Waals surface area contributed by atoms with Gasteiger partial charge in [0.1, 0.15) is 6.61 Å². The van der Waals surface area contributed by atoms with Gasteiger partial charge in [0.25, 0.3) is 21.5 Å². The van der Waals surface area contributed by atoms with E-state index in [2.05, 4.69) is 54.5 Å². The topological polar surface area (TPSA) is 203 Å². The Morgan fingerprint density at radius 1 is 0.847 bits per heavy atom. The lowest BCUT2D eigenvalue weighted by molar-refractivity contribution is -0.442. The molecular formula is C43H51N4O11S+. The second kappa shape index (κ2) is 18.6. The number of hydrogen-bond donors (Lipinski definition) is 2. The van der Waals surface area contributed by atoms with Crippen LogP contribution in [-0.4, -0.2) is 77.1 Å². The molecule has 0 saturated heterocycles. The summed E-state index contributed by atoms with van der Waals surface area (Å²) < 4.78 is 47.6. The van der Waals surface area contributed by atoms with Crippen LogP contribution in [0.2, 0.25) is 0 Å². The molecule has 2 N–H and O–H groups in total. The van der Waals surface area contributed by atoms with Gasteiger partial charge in [-0.1, -0.05) is 50.1 Å². The first-order valence-electron chi connectivity index (χ1n) is 19.3. The molecule has 3 aromatic carbocycles. The van der Waals surface area contributed by atoms with E-state index < -0.39 is 31.3 Å². The molecule has 0 radical (unpaired) electrons. The highest BCUT2D eigenvalue weighted by molar-refractivity contribution is 7.85. The van der Waals surface area contributed by atoms with E-state index in [1.165, 1.54) is 29.8 Å². The molecule has 0 unspecified atom stereocenters. The standard InChI is InChI=1S/C43H50N4O11S/c1-30-15-17-37-35(24-30)42(2,3)40(45(37)20-21-57-22-23-58-29-31-25-32(46(50)51)27-33(26-31)47(52)53)13-9-6-8-12-39-43(4,5)36-28-34(59(54,55)56)16-18-38(36)44(39)19-11-7-10-14-41(48)49/h6,8-9,12-13,15-18,24-28H,7,10-11,14,19-23,29H2,1-5H3,(H-,48,49,54,55,56)/p+1. The van der Waals surface area contributed by atoms with E-state index in [0.717, 1.165) is 52.8 Å². The number of non-ortho nitro benzene ring substituents is 2. The molecular weight excluding hydrogens is 781 g/mol. The second-order valence-corrected chi connectivity index (χ2v) is 17.1. The Balaban J connectivity index is 1.30. The normalized spacial score (nSPS) is 16.4. The maximum absolute atomic E-state index is 12.0. The molecule has 15 nitrogen and oxygen atoms in total. The number of unbranched alkanes of at least 4 members (excludes halogenated alkanes) is 2. The smallest absolute Gasteiger partial charge is 0.303 e. The summed E-state index contributed by atoms with van der Waals surface area (Å²) in [6.07, 6.45) is 12.1. The number of benzene rings is 3. The van der Waals surface area contributed by atoms with E-state index in [0.29, 0.717) is 31.7 Å². The van der Waals surface area contributed by atoms with Crippen LogP contribution in [0.5, 0.6) is 0 Å². The van der Waals surface area contributed by atoms with E-state index in [9.17, 15) is 38.0 Å². The zero-order valence-electron chi connectivity index (χ0n) is 33.9. The van der Waals surface area contributed by atoms with Crippen molar-refractivity contribution in [3.05, 3.63) is 133 Å². The van der Waals surface area contributed by atoms with Crippen molar-refractivity contribution in [2.24, 2.45) is 0 Å². The Morgan fingerprint density at radius 2 is 1.54 bits per heavy atom. The highest BCUT2D eigenvalue weighted by atomic mass is 32.2. The predicted molar refractivity (Wildman–Crippen MR) is 223 cm³/mol. The quantitative estimate of drug-likeness (QED) is 0.0277. The summed E-state index contributed by atoms with van der Waals surface area (Å²) in [6, 6.07) is 14.4. The number of aryl methyl sites for hydroxylation is 1. The van der Waals surface area contributed by atoms with Gasteiger partial charge in [-0.3, -0.25) is 29.6 Å². The highest BCUT2D eigenvalue weighted by Crippen LogP contribution is 2.48. The van der Waals surface area contributed by atoms with Gasteiger partial charge in [-0.05, 0) is 75.1 Å². The molecule has 0 fully saturated rings. The van der Waals surface area contributed by atoms with Gasteiger partial charge in [0.15, 0.2) is 12.3 Å². The molecule has 0 spiro atoms. The third kappa shape index (κ3) is 10.6. The van der Waals surface area contributed by atoms with Crippen molar-refractivity contribution in [2.75, 3.05) is 37.8 Å². The SMILES string of the molecule is Cc1ccc2c(c1)C(C)(C)C(/C=C/C=C/C=C1/N(CCCCCC(=O)O)c3ccc(S(=O)(=O)O)cc3C1(C)C)=[N+]2CCOCCOCc1cc([N+](=O)[O-])cc([N+](=O)[O-])c1. The Hall–Kier alpha value is -5.55. The number of aliphatic carboxylic acids is 1. The minimum Gasteiger partial charge on any atom is -0.481 e. The Morgan fingerprint density at radius 3 is 2.20 bits per heavy atom. The molecule has 0 bridgehead atoms. The number of rotatable bonds is 20. The van der Waals surface area contributed by atoms with E-state index >= 15 is 0 Å². The van der Waals surface area contributed by atoms with E-state index in [-0.39, 0.29) is 47.9 Å². The minimum absolute atomic E-state index is 0.0438. The second-order valence-electron chi connectivity index (χ2n) is 15.7. The lowest BCUT2D eigenvalue weighted by Crippen LogP contribution is -2.28. The van der Waals surface area contributed by atoms with E-state index in [1.54, 1.807) is 6.07 Å². The van der Waals surface area contributed by atoms with Crippen LogP contribution in [0.25, 0.3) is 0 Å². The number of carboxylic acid groups (broad SMARTS) is 1. The minimum atomic E-state index is -4.41. The van der Waals surface area contributed by atoms with Crippen molar-refractivity contribution in [1.82, 2.24) is 0 Å². The summed E-state index contributed by atoms with van der Waals surface area (Å²) in [5.41, 5.74) is 5.66. The number of anilines is 1. The molecule has 0 atom stereocenters. The van der Waals surface area contributed by atoms with Crippen LogP contribution in [0.3, 0.4) is 0 Å². The molecule has 3 aromatic rings. The number of nitrogens with zero attached hydrogens (tertiary/aromatic N) is 4. The molecule has 0 saturated carbocycles. The fourth-order valence-electron chi connectivity index (χ4n) is 7.68. The number of nitro groups is 2. The van der Waals surface area contributed by atoms with Gasteiger partial charge < -0.3 is 19.5 Å². The zero-order chi connectivity index (χ0) is 43.1. The molecule has 0 amide bonds. The number of carbonyl (C=O) groups is 1. The largest absolute Gasteiger partial charge is 0.481 e. The number of allylic oxidation sites excluding steroid dienone is 6. The third-order valence-electron chi connectivity index (χ3n) is 10.7. The van der Waals surface area contributed by atoms with Crippen LogP contribution in [-0.2, 0) is 41.8 Å². The summed E-state index contributed by atoms with van der Waals surface area (Å²) in [6.45, 7) is 12.3. The van der Waals surface area contributed by atoms with Crippen LogP contribution in [0.1, 0.15) is 75.6 Å². The molecule has 0 aliphatic carbocycles. The summed E-state index contributed by atoms with van der Waals surface area (Å²) in [5, 5.41) is 31.5. The van der Waals surface area contributed by atoms with Crippen LogP contribution in [0.4, 0.5) is 22.7 Å². The average Bonchev–Trinajstić information content (AvgIpc) is 3.50. The van der Waals surface area contributed by atoms with Gasteiger partial charge in [-0.25, -0.2) is 0 Å². The van der Waals surface area contributed by atoms with Gasteiger partial charge in [0.2, 0.25) is 5.69 Å². The van der Waals surface area contributed by atoms with Crippen LogP contribution in [0, 0.1) is 27.2 Å². The number of nitro benzene ring substituents is 2. The van der Waals surface area contributed by atoms with Gasteiger partial charge in [0.05, 0.1) is 46.0 Å². The molecule has 16 heteroatoms. The van der Waals surface area contributed by atoms with E-state index in [4.69, 9.17) is 14.6 Å². The van der Waals surface area contributed by atoms with Crippen LogP contribution in [0.15, 0.2) is 95.6 Å². The van der Waals surface area contributed by atoms with Crippen molar-refractivity contribution < 1.29 is 46.8 Å². The fraction of sp³-hybridized carbons (Fsp3) is 0.395. The fourth-order valence-corrected chi connectivity index (χ4v) is 8.19. The van der Waals surface area contributed by atoms with Crippen LogP contribution < -0.4 is 4.90 Å². The van der Waals surface area contributed by atoms with Crippen molar-refractivity contribution in [1.29, 1.82) is 0 Å². The molecule has 5 rings (SSSR count). The number of carboxylic acids is 1. The first-order chi connectivity index (χ1) is 27.8. The number of ether oxygens (including phenoxy) is 2. The maximum Gasteiger partial charge on any atom is 0.303 e. The van der Waals surface area contributed by atoms with Crippen molar-refractivity contribution >= 4 is 44.5 Å². The first kappa shape index (κ1) is 44.6. The van der Waals surface area contributed by atoms with Crippen molar-refractivity contribution in [2.45, 2.75) is 82.6 Å². The lowest BCUT2D eigenvalue weighted by atomic mass is 9.81. The van der Waals surface area contributed by atoms with E-state index in [1.807, 2.05) is 38.2 Å². The predicted octanol–water partition coefficient (Wildman–Crippen LogP) is 8.11. The summed E-state index contributed by atoms with van der Waals surface area (Å²) in [5.74, 6) is -0.831. The summed E-state index contributed by atoms with van der Waals surface area (Å²) in [7, 11) is -4.41. The molecule has 2 aliphatic heterocycles. The Labute approximate surface area is 344 Å². The monoisotopic (exact) mass is 831 g/mol. The molecule has 2 heterocycles. The maximum atomic E-state index is 12.0.